The summed E-state index contributed by atoms with van der Waals surface area (Å²) in [5.74, 6) is -3.57. The van der Waals surface area contributed by atoms with Gasteiger partial charge < -0.3 is 14.6 Å². The number of ketones is 2. The van der Waals surface area contributed by atoms with E-state index < -0.39 is 35.0 Å². The van der Waals surface area contributed by atoms with Crippen molar-refractivity contribution in [2.45, 2.75) is 24.8 Å². The molecule has 6 atom stereocenters. The largest absolute Gasteiger partial charge is 0.502 e. The molecule has 1 aliphatic heterocycles. The van der Waals surface area contributed by atoms with Crippen LogP contribution in [0.3, 0.4) is 0 Å². The van der Waals surface area contributed by atoms with Crippen LogP contribution in [0.1, 0.15) is 34.4 Å². The van der Waals surface area contributed by atoms with E-state index in [0.717, 1.165) is 10.5 Å². The first-order valence-corrected chi connectivity index (χ1v) is 18.3. The van der Waals surface area contributed by atoms with Gasteiger partial charge in [0.1, 0.15) is 0 Å². The molecule has 52 heavy (non-hydrogen) atoms. The van der Waals surface area contributed by atoms with E-state index in [-0.39, 0.29) is 53.6 Å². The minimum absolute atomic E-state index is 0.134. The summed E-state index contributed by atoms with van der Waals surface area (Å²) in [6.45, 7) is 0.216. The molecule has 4 aromatic rings. The number of hydrogen-bond acceptors (Lipinski definition) is 8. The van der Waals surface area contributed by atoms with Gasteiger partial charge in [0.2, 0.25) is 17.6 Å². The Morgan fingerprint density at radius 1 is 0.885 bits per heavy atom. The molecule has 8 nitrogen and oxygen atoms in total. The SMILES string of the molecule is COc1cc(C=CC2C3=CCC4C(=O)N(Cc5cccs5)C(=O)C4C3CC3C(=O)C(c4ccccc4)=CC(=O)C23c2ccccc2)cc(OC)c1O. The predicted molar refractivity (Wildman–Crippen MR) is 197 cm³/mol. The summed E-state index contributed by atoms with van der Waals surface area (Å²) in [6, 6.07) is 25.9. The van der Waals surface area contributed by atoms with E-state index in [2.05, 4.69) is 0 Å². The zero-order valence-electron chi connectivity index (χ0n) is 28.7. The van der Waals surface area contributed by atoms with Crippen LogP contribution in [0.5, 0.6) is 17.2 Å². The van der Waals surface area contributed by atoms with Gasteiger partial charge in [0.05, 0.1) is 38.0 Å². The van der Waals surface area contributed by atoms with Crippen LogP contribution in [0.4, 0.5) is 0 Å². The number of benzene rings is 3. The Balaban J connectivity index is 1.32. The van der Waals surface area contributed by atoms with Crippen molar-refractivity contribution in [1.29, 1.82) is 0 Å². The van der Waals surface area contributed by atoms with Crippen LogP contribution in [-0.4, -0.2) is 47.6 Å². The summed E-state index contributed by atoms with van der Waals surface area (Å²) >= 11 is 1.50. The van der Waals surface area contributed by atoms with Gasteiger partial charge in [-0.25, -0.2) is 0 Å². The molecule has 3 aliphatic carbocycles. The van der Waals surface area contributed by atoms with Crippen molar-refractivity contribution >= 4 is 46.4 Å². The van der Waals surface area contributed by atoms with Gasteiger partial charge >= 0.3 is 0 Å². The second-order valence-corrected chi connectivity index (χ2v) is 14.8. The highest BCUT2D eigenvalue weighted by molar-refractivity contribution is 7.09. The van der Waals surface area contributed by atoms with Gasteiger partial charge in [-0.1, -0.05) is 90.5 Å². The topological polar surface area (TPSA) is 110 Å². The number of amides is 2. The number of nitrogens with zero attached hydrogens (tertiary/aromatic N) is 1. The second kappa shape index (κ2) is 13.2. The highest BCUT2D eigenvalue weighted by atomic mass is 32.1. The third-order valence-corrected chi connectivity index (χ3v) is 12.3. The highest BCUT2D eigenvalue weighted by Gasteiger charge is 2.65. The van der Waals surface area contributed by atoms with Crippen molar-refractivity contribution in [3.8, 4) is 17.2 Å². The van der Waals surface area contributed by atoms with Crippen molar-refractivity contribution in [2.24, 2.45) is 29.6 Å². The monoisotopic (exact) mass is 711 g/mol. The van der Waals surface area contributed by atoms with Crippen LogP contribution in [0.2, 0.25) is 0 Å². The van der Waals surface area contributed by atoms with E-state index in [9.17, 15) is 14.7 Å². The van der Waals surface area contributed by atoms with Crippen LogP contribution in [0.15, 0.2) is 114 Å². The lowest BCUT2D eigenvalue weighted by Gasteiger charge is -2.54. The number of ether oxygens (including phenoxy) is 2. The number of likely N-dealkylation sites (tertiary alicyclic amines) is 1. The summed E-state index contributed by atoms with van der Waals surface area (Å²) in [5, 5.41) is 12.5. The van der Waals surface area contributed by atoms with Crippen LogP contribution < -0.4 is 9.47 Å². The third kappa shape index (κ3) is 5.17. The number of carbonyl (C=O) groups excluding carboxylic acids is 4. The fraction of sp³-hybridized carbons (Fsp3) is 0.256. The summed E-state index contributed by atoms with van der Waals surface area (Å²) in [7, 11) is 2.91. The fourth-order valence-corrected chi connectivity index (χ4v) is 9.81. The van der Waals surface area contributed by atoms with Crippen LogP contribution >= 0.6 is 11.3 Å². The van der Waals surface area contributed by atoms with Crippen molar-refractivity contribution in [1.82, 2.24) is 4.90 Å². The Morgan fingerprint density at radius 2 is 1.58 bits per heavy atom. The minimum Gasteiger partial charge on any atom is -0.502 e. The number of methoxy groups -OCH3 is 2. The van der Waals surface area contributed by atoms with Crippen LogP contribution in [0.25, 0.3) is 11.6 Å². The van der Waals surface area contributed by atoms with Gasteiger partial charge in [-0.3, -0.25) is 24.1 Å². The predicted octanol–water partition coefficient (Wildman–Crippen LogP) is 7.04. The molecular weight excluding hydrogens is 675 g/mol. The molecule has 2 amide bonds. The Labute approximate surface area is 305 Å². The van der Waals surface area contributed by atoms with Crippen LogP contribution in [-0.2, 0) is 31.1 Å². The standard InChI is InChI=1S/C43H37NO7S/c1-50-35-20-25(21-36(51-2)40(35)47)15-18-33-29-16-17-30-38(42(49)44(41(30)48)24-28-14-9-19-52-28)32(29)22-34-39(46)31(26-10-5-3-6-11-26)23-37(45)43(33,34)27-12-7-4-8-13-27/h3-16,18-21,23,30,32-34,38,47H,17,22,24H2,1-2H3. The number of Topliss-reactive ketones (excluding diaryl/α,β-unsaturated/α-hetero) is 1. The average molecular weight is 712 g/mol. The van der Waals surface area contributed by atoms with E-state index in [1.165, 1.54) is 36.5 Å². The molecule has 0 spiro atoms. The highest BCUT2D eigenvalue weighted by Crippen LogP contribution is 2.61. The van der Waals surface area contributed by atoms with Gasteiger partial charge in [-0.2, -0.15) is 0 Å². The summed E-state index contributed by atoms with van der Waals surface area (Å²) < 4.78 is 10.9. The molecule has 4 aliphatic rings. The number of thiophene rings is 1. The molecule has 262 valence electrons. The van der Waals surface area contributed by atoms with E-state index in [1.807, 2.05) is 96.4 Å². The number of rotatable bonds is 8. The first kappa shape index (κ1) is 33.6. The van der Waals surface area contributed by atoms with Gasteiger partial charge in [-0.05, 0) is 65.1 Å². The normalized spacial score (nSPS) is 26.8. The number of phenols is 1. The maximum atomic E-state index is 15.1. The zero-order valence-corrected chi connectivity index (χ0v) is 29.5. The average Bonchev–Trinajstić information content (AvgIpc) is 3.78. The van der Waals surface area contributed by atoms with Crippen LogP contribution in [0, 0.1) is 29.6 Å². The lowest BCUT2D eigenvalue weighted by atomic mass is 9.45. The maximum absolute atomic E-state index is 15.1. The zero-order chi connectivity index (χ0) is 36.1. The smallest absolute Gasteiger partial charge is 0.234 e. The number of aromatic hydroxyl groups is 1. The molecule has 2 heterocycles. The lowest BCUT2D eigenvalue weighted by Crippen LogP contribution is -2.59. The van der Waals surface area contributed by atoms with Crippen molar-refractivity contribution in [3.63, 3.8) is 0 Å². The van der Waals surface area contributed by atoms with Gasteiger partial charge in [0, 0.05) is 22.3 Å². The number of hydrogen-bond donors (Lipinski definition) is 1. The molecule has 9 heteroatoms. The molecule has 2 fully saturated rings. The van der Waals surface area contributed by atoms with Gasteiger partial charge in [-0.15, -0.1) is 11.3 Å². The molecule has 6 unspecified atom stereocenters. The molecule has 0 radical (unpaired) electrons. The number of imide groups is 1. The van der Waals surface area contributed by atoms with E-state index in [4.69, 9.17) is 9.47 Å². The van der Waals surface area contributed by atoms with Crippen molar-refractivity contribution < 1.29 is 33.8 Å². The van der Waals surface area contributed by atoms with E-state index in [0.29, 0.717) is 28.7 Å². The third-order valence-electron chi connectivity index (χ3n) is 11.4. The molecule has 0 bridgehead atoms. The van der Waals surface area contributed by atoms with Crippen molar-refractivity contribution in [3.05, 3.63) is 136 Å². The number of allylic oxidation sites excluding steroid dienone is 5. The Hall–Kier alpha value is -5.54. The van der Waals surface area contributed by atoms with Crippen molar-refractivity contribution in [2.75, 3.05) is 14.2 Å². The maximum Gasteiger partial charge on any atom is 0.234 e. The van der Waals surface area contributed by atoms with Gasteiger partial charge in [0.25, 0.3) is 0 Å². The molecule has 1 N–H and O–H groups in total. The Kier molecular flexibility index (Phi) is 8.54. The second-order valence-electron chi connectivity index (χ2n) is 13.8. The van der Waals surface area contributed by atoms with Gasteiger partial charge in [0.15, 0.2) is 23.1 Å². The lowest BCUT2D eigenvalue weighted by molar-refractivity contribution is -0.141. The fourth-order valence-electron chi connectivity index (χ4n) is 9.12. The Morgan fingerprint density at radius 3 is 2.23 bits per heavy atom. The molecular formula is C43H37NO7S. The first-order chi connectivity index (χ1) is 25.3. The number of fused-ring (bicyclic) bond motifs is 4. The first-order valence-electron chi connectivity index (χ1n) is 17.4. The molecule has 1 saturated carbocycles. The summed E-state index contributed by atoms with van der Waals surface area (Å²) in [4.78, 5) is 60.7. The van der Waals surface area contributed by atoms with E-state index >= 15 is 9.59 Å². The molecule has 1 aromatic heterocycles. The quantitative estimate of drug-likeness (QED) is 0.154. The number of carbonyl (C=O) groups is 4. The summed E-state index contributed by atoms with van der Waals surface area (Å²) in [5.41, 5.74) is 1.93. The minimum atomic E-state index is -1.32. The number of phenolic OH excluding ortho intramolecular Hbond substituents is 1. The summed E-state index contributed by atoms with van der Waals surface area (Å²) in [6.07, 6.45) is 7.96. The molecule has 1 saturated heterocycles. The van der Waals surface area contributed by atoms with E-state index in [1.54, 1.807) is 12.1 Å². The Bertz CT molecular complexity index is 2150. The molecule has 8 rings (SSSR count). The molecule has 3 aromatic carbocycles.